The second-order valence-electron chi connectivity index (χ2n) is 5.69. The van der Waals surface area contributed by atoms with E-state index in [4.69, 9.17) is 4.74 Å². The Hall–Kier alpha value is -2.14. The van der Waals surface area contributed by atoms with Gasteiger partial charge in [-0.15, -0.1) is 0 Å². The van der Waals surface area contributed by atoms with E-state index in [9.17, 15) is 4.79 Å². The molecule has 5 nitrogen and oxygen atoms in total. The Labute approximate surface area is 130 Å². The van der Waals surface area contributed by atoms with E-state index in [1.165, 1.54) is 0 Å². The summed E-state index contributed by atoms with van der Waals surface area (Å²) in [5, 5.41) is 7.32. The average molecular weight is 299 g/mol. The van der Waals surface area contributed by atoms with Crippen LogP contribution in [0.25, 0.3) is 5.69 Å². The van der Waals surface area contributed by atoms with Gasteiger partial charge in [-0.2, -0.15) is 5.10 Å². The minimum Gasteiger partial charge on any atom is -0.376 e. The molecule has 0 spiro atoms. The molecule has 1 aliphatic rings. The van der Waals surface area contributed by atoms with E-state index in [0.717, 1.165) is 36.4 Å². The first-order valence-electron chi connectivity index (χ1n) is 7.67. The molecule has 1 atom stereocenters. The normalized spacial score (nSPS) is 17.6. The van der Waals surface area contributed by atoms with Gasteiger partial charge < -0.3 is 10.1 Å². The molecule has 116 valence electrons. The summed E-state index contributed by atoms with van der Waals surface area (Å²) in [4.78, 5) is 12.3. The summed E-state index contributed by atoms with van der Waals surface area (Å²) in [6.07, 6.45) is 3.87. The predicted octanol–water partition coefficient (Wildman–Crippen LogP) is 2.40. The highest BCUT2D eigenvalue weighted by atomic mass is 16.5. The standard InChI is InChI=1S/C17H21N3O2/c1-12-6-3-4-8-16(12)20-13(2)15(11-19-20)17(21)18-10-14-7-5-9-22-14/h3-4,6,8,11,14H,5,7,9-10H2,1-2H3,(H,18,21). The number of rotatable bonds is 4. The van der Waals surface area contributed by atoms with Gasteiger partial charge in [0.05, 0.1) is 29.2 Å². The van der Waals surface area contributed by atoms with Crippen LogP contribution in [0.5, 0.6) is 0 Å². The van der Waals surface area contributed by atoms with Crippen molar-refractivity contribution in [1.82, 2.24) is 15.1 Å². The second-order valence-corrected chi connectivity index (χ2v) is 5.69. The summed E-state index contributed by atoms with van der Waals surface area (Å²) < 4.78 is 7.34. The summed E-state index contributed by atoms with van der Waals surface area (Å²) in [7, 11) is 0. The maximum atomic E-state index is 12.3. The van der Waals surface area contributed by atoms with Crippen molar-refractivity contribution in [1.29, 1.82) is 0 Å². The maximum Gasteiger partial charge on any atom is 0.254 e. The molecule has 1 amide bonds. The van der Waals surface area contributed by atoms with Crippen LogP contribution < -0.4 is 5.32 Å². The number of carbonyl (C=O) groups is 1. The zero-order valence-corrected chi connectivity index (χ0v) is 13.0. The summed E-state index contributed by atoms with van der Waals surface area (Å²) in [5.74, 6) is -0.0900. The lowest BCUT2D eigenvalue weighted by Gasteiger charge is -2.11. The van der Waals surface area contributed by atoms with Crippen molar-refractivity contribution in [2.24, 2.45) is 0 Å². The third-order valence-electron chi connectivity index (χ3n) is 4.11. The Balaban J connectivity index is 1.75. The van der Waals surface area contributed by atoms with Crippen LogP contribution in [-0.2, 0) is 4.74 Å². The van der Waals surface area contributed by atoms with Crippen molar-refractivity contribution < 1.29 is 9.53 Å². The number of benzene rings is 1. The summed E-state index contributed by atoms with van der Waals surface area (Å²) in [6, 6.07) is 8.00. The quantitative estimate of drug-likeness (QED) is 0.943. The van der Waals surface area contributed by atoms with Gasteiger partial charge in [-0.05, 0) is 38.3 Å². The number of ether oxygens (including phenoxy) is 1. The topological polar surface area (TPSA) is 56.2 Å². The highest BCUT2D eigenvalue weighted by Gasteiger charge is 2.19. The molecule has 1 aromatic heterocycles. The Kier molecular flexibility index (Phi) is 4.24. The molecule has 1 fully saturated rings. The molecule has 1 aliphatic heterocycles. The summed E-state index contributed by atoms with van der Waals surface area (Å²) >= 11 is 0. The minimum atomic E-state index is -0.0900. The molecule has 0 aliphatic carbocycles. The number of hydrogen-bond acceptors (Lipinski definition) is 3. The third kappa shape index (κ3) is 2.90. The van der Waals surface area contributed by atoms with Crippen LogP contribution in [0.2, 0.25) is 0 Å². The fraction of sp³-hybridized carbons (Fsp3) is 0.412. The van der Waals surface area contributed by atoms with E-state index in [-0.39, 0.29) is 12.0 Å². The Bertz CT molecular complexity index is 672. The van der Waals surface area contributed by atoms with Crippen LogP contribution in [-0.4, -0.2) is 34.9 Å². The number of hydrogen-bond donors (Lipinski definition) is 1. The number of nitrogens with one attached hydrogen (secondary N) is 1. The summed E-state index contributed by atoms with van der Waals surface area (Å²) in [5.41, 5.74) is 3.58. The van der Waals surface area contributed by atoms with Crippen LogP contribution >= 0.6 is 0 Å². The number of aromatic nitrogens is 2. The van der Waals surface area contributed by atoms with Crippen molar-refractivity contribution in [2.75, 3.05) is 13.2 Å². The fourth-order valence-electron chi connectivity index (χ4n) is 2.78. The second kappa shape index (κ2) is 6.32. The Morgan fingerprint density at radius 2 is 2.23 bits per heavy atom. The molecule has 1 aromatic carbocycles. The van der Waals surface area contributed by atoms with E-state index < -0.39 is 0 Å². The van der Waals surface area contributed by atoms with Gasteiger partial charge in [0.25, 0.3) is 5.91 Å². The van der Waals surface area contributed by atoms with E-state index >= 15 is 0 Å². The van der Waals surface area contributed by atoms with Crippen LogP contribution in [0.4, 0.5) is 0 Å². The average Bonchev–Trinajstić information content (AvgIpc) is 3.15. The van der Waals surface area contributed by atoms with Gasteiger partial charge in [0.15, 0.2) is 0 Å². The van der Waals surface area contributed by atoms with Gasteiger partial charge in [0, 0.05) is 13.2 Å². The monoisotopic (exact) mass is 299 g/mol. The van der Waals surface area contributed by atoms with Gasteiger partial charge in [-0.3, -0.25) is 4.79 Å². The summed E-state index contributed by atoms with van der Waals surface area (Å²) in [6.45, 7) is 5.31. The van der Waals surface area contributed by atoms with Crippen LogP contribution in [0, 0.1) is 13.8 Å². The highest BCUT2D eigenvalue weighted by Crippen LogP contribution is 2.17. The lowest BCUT2D eigenvalue weighted by atomic mass is 10.2. The van der Waals surface area contributed by atoms with Crippen molar-refractivity contribution in [3.8, 4) is 5.69 Å². The zero-order chi connectivity index (χ0) is 15.5. The Morgan fingerprint density at radius 1 is 1.41 bits per heavy atom. The van der Waals surface area contributed by atoms with Crippen molar-refractivity contribution in [3.05, 3.63) is 47.3 Å². The zero-order valence-electron chi connectivity index (χ0n) is 13.0. The van der Waals surface area contributed by atoms with E-state index in [0.29, 0.717) is 12.1 Å². The van der Waals surface area contributed by atoms with Crippen molar-refractivity contribution in [2.45, 2.75) is 32.8 Å². The first-order valence-corrected chi connectivity index (χ1v) is 7.67. The number of aryl methyl sites for hydroxylation is 1. The van der Waals surface area contributed by atoms with Crippen molar-refractivity contribution >= 4 is 5.91 Å². The molecule has 5 heteroatoms. The molecule has 2 heterocycles. The van der Waals surface area contributed by atoms with Gasteiger partial charge >= 0.3 is 0 Å². The highest BCUT2D eigenvalue weighted by molar-refractivity contribution is 5.95. The van der Waals surface area contributed by atoms with Crippen LogP contribution in [0.1, 0.15) is 34.5 Å². The molecule has 22 heavy (non-hydrogen) atoms. The molecule has 0 bridgehead atoms. The lowest BCUT2D eigenvalue weighted by Crippen LogP contribution is -2.32. The molecule has 3 rings (SSSR count). The van der Waals surface area contributed by atoms with Crippen molar-refractivity contribution in [3.63, 3.8) is 0 Å². The first-order chi connectivity index (χ1) is 10.7. The van der Waals surface area contributed by atoms with Crippen LogP contribution in [0.15, 0.2) is 30.5 Å². The SMILES string of the molecule is Cc1ccccc1-n1ncc(C(=O)NCC2CCCO2)c1C. The first kappa shape index (κ1) is 14.8. The number of para-hydroxylation sites is 1. The van der Waals surface area contributed by atoms with Gasteiger partial charge in [0.2, 0.25) is 0 Å². The Morgan fingerprint density at radius 3 is 2.95 bits per heavy atom. The van der Waals surface area contributed by atoms with Gasteiger partial charge in [-0.1, -0.05) is 18.2 Å². The van der Waals surface area contributed by atoms with Gasteiger partial charge in [0.1, 0.15) is 0 Å². The maximum absolute atomic E-state index is 12.3. The molecule has 1 unspecified atom stereocenters. The van der Waals surface area contributed by atoms with E-state index in [1.54, 1.807) is 6.20 Å². The third-order valence-corrected chi connectivity index (χ3v) is 4.11. The molecule has 1 N–H and O–H groups in total. The van der Waals surface area contributed by atoms with Crippen LogP contribution in [0.3, 0.4) is 0 Å². The predicted molar refractivity (Wildman–Crippen MR) is 84.3 cm³/mol. The van der Waals surface area contributed by atoms with Gasteiger partial charge in [-0.25, -0.2) is 4.68 Å². The number of amides is 1. The minimum absolute atomic E-state index is 0.0900. The number of nitrogens with zero attached hydrogens (tertiary/aromatic N) is 2. The fourth-order valence-corrected chi connectivity index (χ4v) is 2.78. The lowest BCUT2D eigenvalue weighted by molar-refractivity contribution is 0.0857. The number of carbonyl (C=O) groups excluding carboxylic acids is 1. The smallest absolute Gasteiger partial charge is 0.254 e. The molecular formula is C17H21N3O2. The van der Waals surface area contributed by atoms with E-state index in [2.05, 4.69) is 10.4 Å². The van der Waals surface area contributed by atoms with E-state index in [1.807, 2.05) is 42.8 Å². The molecular weight excluding hydrogens is 278 g/mol. The largest absolute Gasteiger partial charge is 0.376 e. The molecule has 2 aromatic rings. The molecule has 0 radical (unpaired) electrons. The molecule has 1 saturated heterocycles. The molecule has 0 saturated carbocycles.